The van der Waals surface area contributed by atoms with Gasteiger partial charge in [0.2, 0.25) is 5.91 Å². The molecule has 0 atom stereocenters. The van der Waals surface area contributed by atoms with E-state index >= 15 is 0 Å². The first-order valence-corrected chi connectivity index (χ1v) is 5.77. The first kappa shape index (κ1) is 12.5. The van der Waals surface area contributed by atoms with Crippen LogP contribution >= 0.6 is 0 Å². The first-order chi connectivity index (χ1) is 6.97. The maximum absolute atomic E-state index is 11.5. The number of piperidine rings is 1. The minimum atomic E-state index is -0.000756. The van der Waals surface area contributed by atoms with Crippen LogP contribution in [0.1, 0.15) is 40.0 Å². The van der Waals surface area contributed by atoms with Crippen LogP contribution in [0.25, 0.3) is 0 Å². The van der Waals surface area contributed by atoms with Crippen LogP contribution in [0.15, 0.2) is 0 Å². The maximum atomic E-state index is 11.5. The number of hydrazine groups is 1. The minimum absolute atomic E-state index is 0.000756. The summed E-state index contributed by atoms with van der Waals surface area (Å²) in [6.45, 7) is 8.53. The molecule has 0 saturated carbocycles. The van der Waals surface area contributed by atoms with Gasteiger partial charge in [-0.3, -0.25) is 10.2 Å². The molecule has 1 saturated heterocycles. The zero-order valence-electron chi connectivity index (χ0n) is 10.1. The number of hydrogen-bond acceptors (Lipinski definition) is 3. The van der Waals surface area contributed by atoms with Gasteiger partial charge in [0.05, 0.1) is 6.54 Å². The molecule has 1 aliphatic heterocycles. The van der Waals surface area contributed by atoms with E-state index in [4.69, 9.17) is 0 Å². The molecule has 0 bridgehead atoms. The molecule has 4 nitrogen and oxygen atoms in total. The number of carbonyl (C=O) groups excluding carboxylic acids is 1. The van der Waals surface area contributed by atoms with E-state index in [9.17, 15) is 4.79 Å². The van der Waals surface area contributed by atoms with Crippen molar-refractivity contribution in [1.82, 2.24) is 15.8 Å². The van der Waals surface area contributed by atoms with E-state index in [1.807, 2.05) is 5.01 Å². The van der Waals surface area contributed by atoms with Crippen LogP contribution < -0.4 is 10.7 Å². The van der Waals surface area contributed by atoms with Gasteiger partial charge in [0.1, 0.15) is 0 Å². The van der Waals surface area contributed by atoms with Crippen molar-refractivity contribution in [3.05, 3.63) is 0 Å². The molecule has 1 aliphatic rings. The fourth-order valence-corrected chi connectivity index (χ4v) is 1.57. The summed E-state index contributed by atoms with van der Waals surface area (Å²) in [7, 11) is 0. The average molecular weight is 213 g/mol. The Hall–Kier alpha value is -0.610. The van der Waals surface area contributed by atoms with E-state index in [-0.39, 0.29) is 11.4 Å². The highest BCUT2D eigenvalue weighted by Gasteiger charge is 2.14. The summed E-state index contributed by atoms with van der Waals surface area (Å²) in [6.07, 6.45) is 3.66. The van der Waals surface area contributed by atoms with Crippen molar-refractivity contribution in [2.75, 3.05) is 19.6 Å². The standard InChI is InChI=1S/C11H23N3O/c1-11(2,3)12-9-10(15)13-14-7-5-4-6-8-14/h12H,4-9H2,1-3H3,(H,13,15). The third-order valence-electron chi connectivity index (χ3n) is 2.42. The van der Waals surface area contributed by atoms with Crippen LogP contribution in [0.2, 0.25) is 0 Å². The highest BCUT2D eigenvalue weighted by molar-refractivity contribution is 5.77. The van der Waals surface area contributed by atoms with Gasteiger partial charge in [-0.25, -0.2) is 5.01 Å². The number of nitrogens with one attached hydrogen (secondary N) is 2. The second-order valence-corrected chi connectivity index (χ2v) is 5.19. The molecule has 2 N–H and O–H groups in total. The Kier molecular flexibility index (Phi) is 4.54. The molecule has 0 aromatic rings. The van der Waals surface area contributed by atoms with Gasteiger partial charge in [0, 0.05) is 18.6 Å². The van der Waals surface area contributed by atoms with E-state index in [2.05, 4.69) is 31.5 Å². The SMILES string of the molecule is CC(C)(C)NCC(=O)NN1CCCCC1. The predicted octanol–water partition coefficient (Wildman–Crippen LogP) is 0.892. The molecule has 1 amide bonds. The molecule has 0 unspecified atom stereocenters. The van der Waals surface area contributed by atoms with Crippen molar-refractivity contribution in [2.45, 2.75) is 45.6 Å². The fraction of sp³-hybridized carbons (Fsp3) is 0.909. The van der Waals surface area contributed by atoms with Gasteiger partial charge in [-0.2, -0.15) is 0 Å². The third kappa shape index (κ3) is 5.74. The monoisotopic (exact) mass is 213 g/mol. The van der Waals surface area contributed by atoms with Gasteiger partial charge in [-0.05, 0) is 33.6 Å². The van der Waals surface area contributed by atoms with Crippen molar-refractivity contribution in [3.8, 4) is 0 Å². The number of hydrogen-bond donors (Lipinski definition) is 2. The maximum Gasteiger partial charge on any atom is 0.248 e. The molecule has 88 valence electrons. The van der Waals surface area contributed by atoms with Crippen molar-refractivity contribution < 1.29 is 4.79 Å². The van der Waals surface area contributed by atoms with Crippen LogP contribution in [0.4, 0.5) is 0 Å². The lowest BCUT2D eigenvalue weighted by atomic mass is 10.1. The Labute approximate surface area is 92.4 Å². The lowest BCUT2D eigenvalue weighted by Crippen LogP contribution is -2.50. The Bertz CT molecular complexity index is 204. The molecule has 0 spiro atoms. The lowest BCUT2D eigenvalue weighted by Gasteiger charge is -2.28. The summed E-state index contributed by atoms with van der Waals surface area (Å²) >= 11 is 0. The van der Waals surface area contributed by atoms with E-state index in [1.165, 1.54) is 19.3 Å². The van der Waals surface area contributed by atoms with Gasteiger partial charge in [0.15, 0.2) is 0 Å². The molecule has 15 heavy (non-hydrogen) atoms. The smallest absolute Gasteiger partial charge is 0.248 e. The van der Waals surface area contributed by atoms with Crippen molar-refractivity contribution in [1.29, 1.82) is 0 Å². The summed E-state index contributed by atoms with van der Waals surface area (Å²) in [5.41, 5.74) is 2.92. The second kappa shape index (κ2) is 5.47. The molecule has 0 aromatic carbocycles. The predicted molar refractivity (Wildman–Crippen MR) is 61.3 cm³/mol. The molecule has 0 radical (unpaired) electrons. The Balaban J connectivity index is 2.17. The summed E-state index contributed by atoms with van der Waals surface area (Å²) < 4.78 is 0. The van der Waals surface area contributed by atoms with Crippen molar-refractivity contribution in [2.24, 2.45) is 0 Å². The van der Waals surface area contributed by atoms with Crippen LogP contribution in [-0.2, 0) is 4.79 Å². The van der Waals surface area contributed by atoms with Crippen LogP contribution in [0.5, 0.6) is 0 Å². The fourth-order valence-electron chi connectivity index (χ4n) is 1.57. The number of amides is 1. The molecule has 1 heterocycles. The highest BCUT2D eigenvalue weighted by Crippen LogP contribution is 2.05. The zero-order chi connectivity index (χ0) is 11.3. The van der Waals surface area contributed by atoms with Crippen LogP contribution in [0.3, 0.4) is 0 Å². The molecular formula is C11H23N3O. The number of carbonyl (C=O) groups is 1. The largest absolute Gasteiger partial charge is 0.304 e. The van der Waals surface area contributed by atoms with E-state index in [0.29, 0.717) is 6.54 Å². The van der Waals surface area contributed by atoms with E-state index in [0.717, 1.165) is 13.1 Å². The Morgan fingerprint density at radius 1 is 1.20 bits per heavy atom. The minimum Gasteiger partial charge on any atom is -0.304 e. The zero-order valence-corrected chi connectivity index (χ0v) is 10.1. The van der Waals surface area contributed by atoms with Crippen LogP contribution in [0, 0.1) is 0 Å². The number of rotatable bonds is 3. The van der Waals surface area contributed by atoms with Gasteiger partial charge in [-0.15, -0.1) is 0 Å². The van der Waals surface area contributed by atoms with Gasteiger partial charge >= 0.3 is 0 Å². The van der Waals surface area contributed by atoms with Gasteiger partial charge in [-0.1, -0.05) is 6.42 Å². The molecule has 0 aromatic heterocycles. The van der Waals surface area contributed by atoms with E-state index in [1.54, 1.807) is 0 Å². The van der Waals surface area contributed by atoms with Crippen LogP contribution in [-0.4, -0.2) is 36.1 Å². The summed E-state index contributed by atoms with van der Waals surface area (Å²) in [6, 6.07) is 0. The van der Waals surface area contributed by atoms with Crippen molar-refractivity contribution in [3.63, 3.8) is 0 Å². The summed E-state index contributed by atoms with van der Waals surface area (Å²) in [4.78, 5) is 11.5. The third-order valence-corrected chi connectivity index (χ3v) is 2.42. The van der Waals surface area contributed by atoms with Gasteiger partial charge < -0.3 is 5.32 Å². The average Bonchev–Trinajstić information content (AvgIpc) is 2.15. The van der Waals surface area contributed by atoms with E-state index < -0.39 is 0 Å². The lowest BCUT2D eigenvalue weighted by molar-refractivity contribution is -0.125. The normalized spacial score (nSPS) is 18.9. The second-order valence-electron chi connectivity index (χ2n) is 5.19. The number of nitrogens with zero attached hydrogens (tertiary/aromatic N) is 1. The van der Waals surface area contributed by atoms with Crippen molar-refractivity contribution >= 4 is 5.91 Å². The quantitative estimate of drug-likeness (QED) is 0.732. The molecule has 4 heteroatoms. The topological polar surface area (TPSA) is 44.4 Å². The Morgan fingerprint density at radius 2 is 1.80 bits per heavy atom. The Morgan fingerprint density at radius 3 is 2.33 bits per heavy atom. The molecule has 0 aliphatic carbocycles. The van der Waals surface area contributed by atoms with Gasteiger partial charge in [0.25, 0.3) is 0 Å². The summed E-state index contributed by atoms with van der Waals surface area (Å²) in [5.74, 6) is 0.0619. The highest BCUT2D eigenvalue weighted by atomic mass is 16.2. The molecular weight excluding hydrogens is 190 g/mol. The molecule has 1 fully saturated rings. The summed E-state index contributed by atoms with van der Waals surface area (Å²) in [5, 5.41) is 5.20. The first-order valence-electron chi connectivity index (χ1n) is 5.77. The molecule has 1 rings (SSSR count).